The minimum atomic E-state index is -0.329. The van der Waals surface area contributed by atoms with E-state index in [1.54, 1.807) is 12.1 Å². The van der Waals surface area contributed by atoms with E-state index in [0.717, 1.165) is 11.3 Å². The van der Waals surface area contributed by atoms with Crippen LogP contribution < -0.4 is 15.5 Å². The maximum atomic E-state index is 12.9. The number of nitrogens with zero attached hydrogens (tertiary/aromatic N) is 3. The van der Waals surface area contributed by atoms with Crippen molar-refractivity contribution in [2.45, 2.75) is 6.54 Å². The molecule has 2 aromatic carbocycles. The van der Waals surface area contributed by atoms with Gasteiger partial charge in [0.25, 0.3) is 5.91 Å². The van der Waals surface area contributed by atoms with Gasteiger partial charge in [0, 0.05) is 32.0 Å². The summed E-state index contributed by atoms with van der Waals surface area (Å²) in [6.45, 7) is 0.485. The smallest absolute Gasteiger partial charge is 0.275 e. The summed E-state index contributed by atoms with van der Waals surface area (Å²) in [7, 11) is 3.91. The summed E-state index contributed by atoms with van der Waals surface area (Å²) >= 11 is 0. The van der Waals surface area contributed by atoms with Gasteiger partial charge in [-0.15, -0.1) is 0 Å². The molecule has 0 aliphatic carbocycles. The normalized spacial score (nSPS) is 10.3. The van der Waals surface area contributed by atoms with E-state index in [9.17, 15) is 9.18 Å². The maximum Gasteiger partial charge on any atom is 0.275 e. The van der Waals surface area contributed by atoms with Crippen molar-refractivity contribution in [1.82, 2.24) is 9.97 Å². The standard InChI is InChI=1S/C20H20FN5O/c1-26(2)17-9-7-16(8-10-17)25-20(27)18-12-24-19(13-22-18)23-11-14-3-5-15(21)6-4-14/h3-10,12-13H,11H2,1-2H3,(H,23,24)(H,25,27). The molecule has 6 nitrogen and oxygen atoms in total. The van der Waals surface area contributed by atoms with Gasteiger partial charge in [-0.3, -0.25) is 4.79 Å². The average molecular weight is 365 g/mol. The van der Waals surface area contributed by atoms with Crippen LogP contribution in [0.4, 0.5) is 21.6 Å². The Morgan fingerprint density at radius 3 is 2.30 bits per heavy atom. The number of carbonyl (C=O) groups is 1. The predicted molar refractivity (Wildman–Crippen MR) is 104 cm³/mol. The van der Waals surface area contributed by atoms with Crippen molar-refractivity contribution in [3.8, 4) is 0 Å². The molecule has 1 aromatic heterocycles. The first-order chi connectivity index (χ1) is 13.0. The Kier molecular flexibility index (Phi) is 5.61. The second-order valence-corrected chi connectivity index (χ2v) is 6.16. The Hall–Kier alpha value is -3.48. The summed E-state index contributed by atoms with van der Waals surface area (Å²) in [6, 6.07) is 13.7. The molecule has 0 radical (unpaired) electrons. The quantitative estimate of drug-likeness (QED) is 0.699. The molecule has 3 aromatic rings. The van der Waals surface area contributed by atoms with Gasteiger partial charge in [-0.2, -0.15) is 0 Å². The van der Waals surface area contributed by atoms with E-state index in [-0.39, 0.29) is 17.4 Å². The van der Waals surface area contributed by atoms with Gasteiger partial charge in [0.1, 0.15) is 17.3 Å². The predicted octanol–water partition coefficient (Wildman–Crippen LogP) is 3.55. The van der Waals surface area contributed by atoms with Crippen LogP contribution in [0.1, 0.15) is 16.1 Å². The van der Waals surface area contributed by atoms with Gasteiger partial charge in [-0.05, 0) is 42.0 Å². The molecule has 0 aliphatic heterocycles. The number of halogens is 1. The molecule has 0 saturated carbocycles. The first-order valence-electron chi connectivity index (χ1n) is 8.40. The van der Waals surface area contributed by atoms with Gasteiger partial charge < -0.3 is 15.5 Å². The van der Waals surface area contributed by atoms with Crippen molar-refractivity contribution >= 4 is 23.1 Å². The van der Waals surface area contributed by atoms with Gasteiger partial charge in [0.05, 0.1) is 12.4 Å². The third kappa shape index (κ3) is 5.01. The Morgan fingerprint density at radius 2 is 1.70 bits per heavy atom. The largest absolute Gasteiger partial charge is 0.378 e. The van der Waals surface area contributed by atoms with Crippen LogP contribution in [0, 0.1) is 5.82 Å². The molecule has 3 rings (SSSR count). The van der Waals surface area contributed by atoms with Crippen LogP contribution in [-0.4, -0.2) is 30.0 Å². The fourth-order valence-corrected chi connectivity index (χ4v) is 2.37. The summed E-state index contributed by atoms with van der Waals surface area (Å²) in [5, 5.41) is 5.87. The highest BCUT2D eigenvalue weighted by Crippen LogP contribution is 2.16. The molecule has 7 heteroatoms. The van der Waals surface area contributed by atoms with Crippen molar-refractivity contribution < 1.29 is 9.18 Å². The Balaban J connectivity index is 1.57. The molecule has 138 valence electrons. The molecular formula is C20H20FN5O. The van der Waals surface area contributed by atoms with Gasteiger partial charge in [-0.25, -0.2) is 14.4 Å². The van der Waals surface area contributed by atoms with E-state index in [0.29, 0.717) is 18.1 Å². The van der Waals surface area contributed by atoms with Crippen LogP contribution >= 0.6 is 0 Å². The van der Waals surface area contributed by atoms with Crippen LogP contribution in [0.15, 0.2) is 60.9 Å². The van der Waals surface area contributed by atoms with Crippen LogP contribution in [0.25, 0.3) is 0 Å². The number of anilines is 3. The van der Waals surface area contributed by atoms with Gasteiger partial charge in [0.2, 0.25) is 0 Å². The maximum absolute atomic E-state index is 12.9. The number of carbonyl (C=O) groups excluding carboxylic acids is 1. The fourth-order valence-electron chi connectivity index (χ4n) is 2.37. The number of rotatable bonds is 6. The van der Waals surface area contributed by atoms with Gasteiger partial charge in [-0.1, -0.05) is 12.1 Å². The van der Waals surface area contributed by atoms with E-state index < -0.39 is 0 Å². The molecule has 0 fully saturated rings. The number of hydrogen-bond donors (Lipinski definition) is 2. The zero-order valence-corrected chi connectivity index (χ0v) is 15.1. The lowest BCUT2D eigenvalue weighted by molar-refractivity contribution is 0.102. The molecule has 0 unspecified atom stereocenters. The third-order valence-corrected chi connectivity index (χ3v) is 3.91. The number of benzene rings is 2. The van der Waals surface area contributed by atoms with Crippen LogP contribution in [-0.2, 0) is 6.54 Å². The molecule has 0 bridgehead atoms. The summed E-state index contributed by atoms with van der Waals surface area (Å²) in [5.41, 5.74) is 2.87. The number of amides is 1. The molecule has 0 saturated heterocycles. The highest BCUT2D eigenvalue weighted by Gasteiger charge is 2.09. The lowest BCUT2D eigenvalue weighted by Crippen LogP contribution is -2.15. The van der Waals surface area contributed by atoms with Crippen molar-refractivity contribution in [3.63, 3.8) is 0 Å². The second-order valence-electron chi connectivity index (χ2n) is 6.16. The third-order valence-electron chi connectivity index (χ3n) is 3.91. The van der Waals surface area contributed by atoms with Crippen LogP contribution in [0.3, 0.4) is 0 Å². The molecule has 2 N–H and O–H groups in total. The molecule has 0 aliphatic rings. The van der Waals surface area contributed by atoms with Gasteiger partial charge in [0.15, 0.2) is 0 Å². The van der Waals surface area contributed by atoms with Crippen LogP contribution in [0.5, 0.6) is 0 Å². The second kappa shape index (κ2) is 8.27. The molecular weight excluding hydrogens is 345 g/mol. The highest BCUT2D eigenvalue weighted by molar-refractivity contribution is 6.02. The first kappa shape index (κ1) is 18.3. The van der Waals surface area contributed by atoms with E-state index >= 15 is 0 Å². The molecule has 0 atom stereocenters. The number of hydrogen-bond acceptors (Lipinski definition) is 5. The van der Waals surface area contributed by atoms with Crippen molar-refractivity contribution in [1.29, 1.82) is 0 Å². The molecule has 27 heavy (non-hydrogen) atoms. The summed E-state index contributed by atoms with van der Waals surface area (Å²) < 4.78 is 12.9. The fraction of sp³-hybridized carbons (Fsp3) is 0.150. The summed E-state index contributed by atoms with van der Waals surface area (Å²) in [6.07, 6.45) is 2.91. The number of nitrogens with one attached hydrogen (secondary N) is 2. The minimum Gasteiger partial charge on any atom is -0.378 e. The lowest BCUT2D eigenvalue weighted by atomic mass is 10.2. The van der Waals surface area contributed by atoms with E-state index in [2.05, 4.69) is 20.6 Å². The Morgan fingerprint density at radius 1 is 1.00 bits per heavy atom. The lowest BCUT2D eigenvalue weighted by Gasteiger charge is -2.13. The Bertz CT molecular complexity index is 893. The summed E-state index contributed by atoms with van der Waals surface area (Å²) in [5.74, 6) is -0.0679. The molecule has 1 amide bonds. The zero-order chi connectivity index (χ0) is 19.2. The van der Waals surface area contributed by atoms with Crippen molar-refractivity contribution in [2.24, 2.45) is 0 Å². The van der Waals surface area contributed by atoms with E-state index in [1.807, 2.05) is 43.3 Å². The first-order valence-corrected chi connectivity index (χ1v) is 8.40. The van der Waals surface area contributed by atoms with E-state index in [4.69, 9.17) is 0 Å². The van der Waals surface area contributed by atoms with Crippen molar-refractivity contribution in [2.75, 3.05) is 29.6 Å². The molecule has 1 heterocycles. The highest BCUT2D eigenvalue weighted by atomic mass is 19.1. The monoisotopic (exact) mass is 365 g/mol. The SMILES string of the molecule is CN(C)c1ccc(NC(=O)c2cnc(NCc3ccc(F)cc3)cn2)cc1. The minimum absolute atomic E-state index is 0.221. The van der Waals surface area contributed by atoms with Gasteiger partial charge >= 0.3 is 0 Å². The molecule has 0 spiro atoms. The topological polar surface area (TPSA) is 70.2 Å². The average Bonchev–Trinajstić information content (AvgIpc) is 2.68. The van der Waals surface area contributed by atoms with Crippen molar-refractivity contribution in [3.05, 3.63) is 78.0 Å². The summed E-state index contributed by atoms with van der Waals surface area (Å²) in [4.78, 5) is 22.6. The van der Waals surface area contributed by atoms with E-state index in [1.165, 1.54) is 24.5 Å². The number of aromatic nitrogens is 2. The zero-order valence-electron chi connectivity index (χ0n) is 15.1. The van der Waals surface area contributed by atoms with Crippen LogP contribution in [0.2, 0.25) is 0 Å². The Labute approximate surface area is 157 Å².